The first-order valence-corrected chi connectivity index (χ1v) is 11.7. The summed E-state index contributed by atoms with van der Waals surface area (Å²) in [5.41, 5.74) is 2.45. The van der Waals surface area contributed by atoms with Gasteiger partial charge >= 0.3 is 0 Å². The van der Waals surface area contributed by atoms with Crippen molar-refractivity contribution in [1.29, 1.82) is 0 Å². The van der Waals surface area contributed by atoms with Gasteiger partial charge in [0.25, 0.3) is 21.8 Å². The number of hydrogen-bond donors (Lipinski definition) is 3. The second-order valence-corrected chi connectivity index (χ2v) is 9.47. The number of anilines is 2. The van der Waals surface area contributed by atoms with Crippen molar-refractivity contribution in [3.8, 4) is 0 Å². The van der Waals surface area contributed by atoms with E-state index in [2.05, 4.69) is 15.4 Å². The molecule has 1 aliphatic carbocycles. The Labute approximate surface area is 186 Å². The molecular weight excluding hydrogens is 426 g/mol. The van der Waals surface area contributed by atoms with Crippen LogP contribution < -0.4 is 15.4 Å². The summed E-state index contributed by atoms with van der Waals surface area (Å²) in [7, 11) is -3.87. The van der Waals surface area contributed by atoms with Crippen molar-refractivity contribution in [3.05, 3.63) is 89.5 Å². The van der Waals surface area contributed by atoms with Crippen LogP contribution in [-0.4, -0.2) is 26.3 Å². The molecule has 0 atom stereocenters. The Morgan fingerprint density at radius 1 is 0.812 bits per heavy atom. The fourth-order valence-electron chi connectivity index (χ4n) is 3.16. The molecule has 0 unspecified atom stereocenters. The first-order valence-electron chi connectivity index (χ1n) is 10.2. The normalized spacial score (nSPS) is 13.3. The number of carbonyl (C=O) groups is 2. The third kappa shape index (κ3) is 5.33. The minimum Gasteiger partial charge on any atom is -0.349 e. The lowest BCUT2D eigenvalue weighted by atomic mass is 10.1. The summed E-state index contributed by atoms with van der Waals surface area (Å²) in [6.45, 7) is 1.87. The van der Waals surface area contributed by atoms with E-state index in [4.69, 9.17) is 0 Å². The van der Waals surface area contributed by atoms with E-state index in [1.54, 1.807) is 42.5 Å². The van der Waals surface area contributed by atoms with Gasteiger partial charge in [0.05, 0.1) is 4.90 Å². The summed E-state index contributed by atoms with van der Waals surface area (Å²) >= 11 is 0. The number of rotatable bonds is 7. The van der Waals surface area contributed by atoms with Gasteiger partial charge in [-0.05, 0) is 73.9 Å². The molecule has 3 aromatic carbocycles. The van der Waals surface area contributed by atoms with E-state index in [1.165, 1.54) is 24.3 Å². The van der Waals surface area contributed by atoms with Gasteiger partial charge in [0.1, 0.15) is 0 Å². The number of nitrogens with one attached hydrogen (secondary N) is 3. The molecule has 0 bridgehead atoms. The quantitative estimate of drug-likeness (QED) is 0.508. The molecule has 1 saturated carbocycles. The van der Waals surface area contributed by atoms with Crippen molar-refractivity contribution in [2.24, 2.45) is 0 Å². The Bertz CT molecular complexity index is 1280. The Balaban J connectivity index is 1.49. The molecule has 32 heavy (non-hydrogen) atoms. The molecule has 1 fully saturated rings. The lowest BCUT2D eigenvalue weighted by Gasteiger charge is -2.11. The number of aryl methyl sites for hydroxylation is 1. The molecule has 3 aromatic rings. The van der Waals surface area contributed by atoms with E-state index in [1.807, 2.05) is 13.0 Å². The van der Waals surface area contributed by atoms with Crippen LogP contribution in [0.2, 0.25) is 0 Å². The summed E-state index contributed by atoms with van der Waals surface area (Å²) in [6, 6.07) is 19.7. The second kappa shape index (κ2) is 8.84. The van der Waals surface area contributed by atoms with Crippen molar-refractivity contribution in [3.63, 3.8) is 0 Å². The summed E-state index contributed by atoms with van der Waals surface area (Å²) in [5.74, 6) is -0.656. The molecule has 2 amide bonds. The molecule has 1 aliphatic rings. The molecule has 0 aliphatic heterocycles. The largest absolute Gasteiger partial charge is 0.349 e. The monoisotopic (exact) mass is 449 g/mol. The van der Waals surface area contributed by atoms with Gasteiger partial charge in [-0.2, -0.15) is 0 Å². The van der Waals surface area contributed by atoms with E-state index in [0.717, 1.165) is 18.4 Å². The van der Waals surface area contributed by atoms with Crippen molar-refractivity contribution < 1.29 is 18.0 Å². The van der Waals surface area contributed by atoms with E-state index < -0.39 is 15.9 Å². The highest BCUT2D eigenvalue weighted by Crippen LogP contribution is 2.21. The van der Waals surface area contributed by atoms with Crippen LogP contribution in [0, 0.1) is 6.92 Å². The van der Waals surface area contributed by atoms with Crippen LogP contribution in [0.25, 0.3) is 0 Å². The van der Waals surface area contributed by atoms with Gasteiger partial charge in [-0.1, -0.05) is 24.3 Å². The average molecular weight is 450 g/mol. The molecule has 0 spiro atoms. The van der Waals surface area contributed by atoms with Gasteiger partial charge in [0, 0.05) is 28.5 Å². The Hall–Kier alpha value is -3.65. The lowest BCUT2D eigenvalue weighted by molar-refractivity contribution is 0.0949. The molecule has 4 rings (SSSR count). The Morgan fingerprint density at radius 2 is 1.47 bits per heavy atom. The summed E-state index contributed by atoms with van der Waals surface area (Å²) < 4.78 is 28.1. The molecule has 0 aromatic heterocycles. The van der Waals surface area contributed by atoms with Gasteiger partial charge < -0.3 is 10.6 Å². The standard InChI is InChI=1S/C24H23N3O4S/c1-16-5-2-9-21(13-16)27-32(30,31)22-10-4-7-18(15-22)24(29)26-20-8-3-6-17(14-20)23(28)25-19-11-12-19/h2-10,13-15,19,27H,11-12H2,1H3,(H,25,28)(H,26,29). The van der Waals surface area contributed by atoms with Crippen molar-refractivity contribution >= 4 is 33.2 Å². The van der Waals surface area contributed by atoms with Gasteiger partial charge in [0.2, 0.25) is 0 Å². The zero-order chi connectivity index (χ0) is 22.7. The molecule has 8 heteroatoms. The molecule has 164 valence electrons. The Morgan fingerprint density at radius 3 is 2.19 bits per heavy atom. The van der Waals surface area contributed by atoms with E-state index in [-0.39, 0.29) is 22.4 Å². The summed E-state index contributed by atoms with van der Waals surface area (Å²) in [6.07, 6.45) is 1.97. The predicted octanol–water partition coefficient (Wildman–Crippen LogP) is 3.94. The van der Waals surface area contributed by atoms with Gasteiger partial charge in [-0.25, -0.2) is 8.42 Å². The fraction of sp³-hybridized carbons (Fsp3) is 0.167. The zero-order valence-corrected chi connectivity index (χ0v) is 18.3. The van der Waals surface area contributed by atoms with Crippen LogP contribution in [-0.2, 0) is 10.0 Å². The lowest BCUT2D eigenvalue weighted by Crippen LogP contribution is -2.25. The van der Waals surface area contributed by atoms with E-state index >= 15 is 0 Å². The maximum Gasteiger partial charge on any atom is 0.261 e. The maximum absolute atomic E-state index is 12.8. The summed E-state index contributed by atoms with van der Waals surface area (Å²) in [5, 5.41) is 5.63. The van der Waals surface area contributed by atoms with Crippen LogP contribution >= 0.6 is 0 Å². The SMILES string of the molecule is Cc1cccc(NS(=O)(=O)c2cccc(C(=O)Nc3cccc(C(=O)NC4CC4)c3)c2)c1. The maximum atomic E-state index is 12.8. The number of benzene rings is 3. The van der Waals surface area contributed by atoms with Gasteiger partial charge in [-0.3, -0.25) is 14.3 Å². The highest BCUT2D eigenvalue weighted by molar-refractivity contribution is 7.92. The van der Waals surface area contributed by atoms with Crippen LogP contribution in [0.15, 0.2) is 77.7 Å². The van der Waals surface area contributed by atoms with Crippen molar-refractivity contribution in [1.82, 2.24) is 5.32 Å². The van der Waals surface area contributed by atoms with Crippen LogP contribution in [0.5, 0.6) is 0 Å². The first-order chi connectivity index (χ1) is 15.3. The Kier molecular flexibility index (Phi) is 5.96. The smallest absolute Gasteiger partial charge is 0.261 e. The number of hydrogen-bond acceptors (Lipinski definition) is 4. The van der Waals surface area contributed by atoms with Crippen molar-refractivity contribution in [2.45, 2.75) is 30.7 Å². The molecular formula is C24H23N3O4S. The van der Waals surface area contributed by atoms with Crippen LogP contribution in [0.1, 0.15) is 39.1 Å². The number of carbonyl (C=O) groups excluding carboxylic acids is 2. The van der Waals surface area contributed by atoms with E-state index in [9.17, 15) is 18.0 Å². The fourth-order valence-corrected chi connectivity index (χ4v) is 4.26. The second-order valence-electron chi connectivity index (χ2n) is 7.79. The summed E-state index contributed by atoms with van der Waals surface area (Å²) in [4.78, 5) is 24.9. The highest BCUT2D eigenvalue weighted by Gasteiger charge is 2.24. The first kappa shape index (κ1) is 21.6. The van der Waals surface area contributed by atoms with Crippen LogP contribution in [0.3, 0.4) is 0 Å². The highest BCUT2D eigenvalue weighted by atomic mass is 32.2. The molecule has 0 heterocycles. The average Bonchev–Trinajstić information content (AvgIpc) is 3.58. The topological polar surface area (TPSA) is 104 Å². The minimum atomic E-state index is -3.87. The third-order valence-electron chi connectivity index (χ3n) is 4.97. The zero-order valence-electron chi connectivity index (χ0n) is 17.5. The van der Waals surface area contributed by atoms with Gasteiger partial charge in [-0.15, -0.1) is 0 Å². The molecule has 0 saturated heterocycles. The number of sulfonamides is 1. The minimum absolute atomic E-state index is 0.0239. The molecule has 3 N–H and O–H groups in total. The number of amides is 2. The third-order valence-corrected chi connectivity index (χ3v) is 6.35. The van der Waals surface area contributed by atoms with Crippen molar-refractivity contribution in [2.75, 3.05) is 10.0 Å². The van der Waals surface area contributed by atoms with E-state index in [0.29, 0.717) is 16.9 Å². The molecule has 7 nitrogen and oxygen atoms in total. The van der Waals surface area contributed by atoms with Gasteiger partial charge in [0.15, 0.2) is 0 Å². The van der Waals surface area contributed by atoms with Crippen LogP contribution in [0.4, 0.5) is 11.4 Å². The molecule has 0 radical (unpaired) electrons. The predicted molar refractivity (Wildman–Crippen MR) is 123 cm³/mol.